The number of benzene rings is 1. The molecule has 1 unspecified atom stereocenters. The average molecular weight is 299 g/mol. The van der Waals surface area contributed by atoms with E-state index < -0.39 is 5.92 Å². The van der Waals surface area contributed by atoms with E-state index in [9.17, 15) is 10.0 Å². The Balaban J connectivity index is 2.26. The maximum Gasteiger partial charge on any atom is 0.178 e. The van der Waals surface area contributed by atoms with Gasteiger partial charge in [-0.25, -0.2) is 9.53 Å². The summed E-state index contributed by atoms with van der Waals surface area (Å²) in [5, 5.41) is 12.1. The van der Waals surface area contributed by atoms with Crippen molar-refractivity contribution in [2.45, 2.75) is 6.54 Å². The zero-order valence-corrected chi connectivity index (χ0v) is 12.5. The lowest BCUT2D eigenvalue weighted by atomic mass is 9.94. The largest absolute Gasteiger partial charge is 0.624 e. The van der Waals surface area contributed by atoms with Gasteiger partial charge >= 0.3 is 0 Å². The van der Waals surface area contributed by atoms with Crippen LogP contribution in [0, 0.1) is 11.1 Å². The van der Waals surface area contributed by atoms with Gasteiger partial charge in [-0.3, -0.25) is 0 Å². The summed E-state index contributed by atoms with van der Waals surface area (Å²) in [7, 11) is 2.97. The molecular weight excluding hydrogens is 282 g/mol. The van der Waals surface area contributed by atoms with Crippen molar-refractivity contribution in [2.75, 3.05) is 14.2 Å². The summed E-state index contributed by atoms with van der Waals surface area (Å²) >= 11 is 0. The molecule has 22 heavy (non-hydrogen) atoms. The van der Waals surface area contributed by atoms with Gasteiger partial charge in [0.1, 0.15) is 17.5 Å². The van der Waals surface area contributed by atoms with Crippen LogP contribution in [0.2, 0.25) is 0 Å². The lowest BCUT2D eigenvalue weighted by Gasteiger charge is -2.18. The standard InChI is InChI=1S/C17H17NO4/c1-21-15-8-14(16(12-19)17(9-15)22-2)11-18(20)10-13-6-4-3-5-7-13/h3-9,11,14H,10H2,1-2H3. The van der Waals surface area contributed by atoms with E-state index in [0.29, 0.717) is 11.5 Å². The minimum atomic E-state index is -0.534. The SMILES string of the molecule is COC1=CC(C=[N+]([O-])Cc2ccccc2)C(=C=O)C(OC)=C1. The Morgan fingerprint density at radius 1 is 1.27 bits per heavy atom. The Hall–Kier alpha value is -2.78. The number of hydrogen-bond acceptors (Lipinski definition) is 4. The normalized spacial score (nSPS) is 18.2. The van der Waals surface area contributed by atoms with E-state index in [1.54, 1.807) is 12.2 Å². The molecule has 1 aromatic carbocycles. The number of carbonyl (C=O) groups excluding carboxylic acids is 1. The van der Waals surface area contributed by atoms with Gasteiger partial charge in [-0.15, -0.1) is 0 Å². The molecular formula is C17H17NO4. The van der Waals surface area contributed by atoms with Crippen LogP contribution in [0.3, 0.4) is 0 Å². The third-order valence-corrected chi connectivity index (χ3v) is 3.29. The molecule has 1 aromatic rings. The van der Waals surface area contributed by atoms with Crippen LogP contribution in [-0.2, 0) is 20.8 Å². The highest BCUT2D eigenvalue weighted by Crippen LogP contribution is 2.26. The molecule has 5 nitrogen and oxygen atoms in total. The minimum absolute atomic E-state index is 0.200. The molecule has 0 amide bonds. The first-order valence-electron chi connectivity index (χ1n) is 6.77. The summed E-state index contributed by atoms with van der Waals surface area (Å²) in [5.41, 5.74) is 1.16. The number of allylic oxidation sites excluding steroid dienone is 3. The number of ether oxygens (including phenoxy) is 2. The highest BCUT2D eigenvalue weighted by atomic mass is 16.5. The zero-order valence-electron chi connectivity index (χ0n) is 12.5. The van der Waals surface area contributed by atoms with Gasteiger partial charge in [0.05, 0.1) is 25.7 Å². The van der Waals surface area contributed by atoms with Gasteiger partial charge in [0.2, 0.25) is 0 Å². The zero-order chi connectivity index (χ0) is 15.9. The summed E-state index contributed by atoms with van der Waals surface area (Å²) in [5.74, 6) is 2.19. The smallest absolute Gasteiger partial charge is 0.178 e. The minimum Gasteiger partial charge on any atom is -0.624 e. The molecule has 0 saturated carbocycles. The molecule has 1 aliphatic carbocycles. The van der Waals surface area contributed by atoms with E-state index in [2.05, 4.69) is 0 Å². The average Bonchev–Trinajstić information content (AvgIpc) is 2.54. The molecule has 0 spiro atoms. The monoisotopic (exact) mass is 299 g/mol. The van der Waals surface area contributed by atoms with Crippen molar-refractivity contribution in [3.63, 3.8) is 0 Å². The van der Waals surface area contributed by atoms with Crippen LogP contribution in [0.4, 0.5) is 0 Å². The fourth-order valence-corrected chi connectivity index (χ4v) is 2.21. The Bertz CT molecular complexity index is 667. The fourth-order valence-electron chi connectivity index (χ4n) is 2.21. The van der Waals surface area contributed by atoms with Crippen LogP contribution < -0.4 is 0 Å². The van der Waals surface area contributed by atoms with Crippen LogP contribution >= 0.6 is 0 Å². The van der Waals surface area contributed by atoms with Crippen molar-refractivity contribution in [1.82, 2.24) is 0 Å². The van der Waals surface area contributed by atoms with Crippen molar-refractivity contribution < 1.29 is 19.0 Å². The Kier molecular flexibility index (Phi) is 5.17. The molecule has 114 valence electrons. The molecule has 0 aromatic heterocycles. The van der Waals surface area contributed by atoms with E-state index in [-0.39, 0.29) is 12.1 Å². The van der Waals surface area contributed by atoms with Gasteiger partial charge in [0, 0.05) is 11.6 Å². The molecule has 2 rings (SSSR count). The quantitative estimate of drug-likeness (QED) is 0.275. The van der Waals surface area contributed by atoms with E-state index in [4.69, 9.17) is 9.47 Å². The van der Waals surface area contributed by atoms with Gasteiger partial charge in [-0.2, -0.15) is 0 Å². The molecule has 0 bridgehead atoms. The van der Waals surface area contributed by atoms with E-state index >= 15 is 0 Å². The summed E-state index contributed by atoms with van der Waals surface area (Å²) < 4.78 is 11.1. The second kappa shape index (κ2) is 7.29. The lowest BCUT2D eigenvalue weighted by Crippen LogP contribution is -2.18. The van der Waals surface area contributed by atoms with Crippen molar-refractivity contribution in [2.24, 2.45) is 5.92 Å². The van der Waals surface area contributed by atoms with Crippen LogP contribution in [-0.4, -0.2) is 31.1 Å². The number of hydroxylamine groups is 1. The second-order valence-corrected chi connectivity index (χ2v) is 4.74. The van der Waals surface area contributed by atoms with Crippen LogP contribution in [0.5, 0.6) is 0 Å². The van der Waals surface area contributed by atoms with Crippen LogP contribution in [0.25, 0.3) is 0 Å². The fraction of sp³-hybridized carbons (Fsp3) is 0.235. The molecule has 1 atom stereocenters. The Morgan fingerprint density at radius 3 is 2.59 bits per heavy atom. The lowest BCUT2D eigenvalue weighted by molar-refractivity contribution is -0.471. The number of hydrogen-bond donors (Lipinski definition) is 0. The molecule has 0 fully saturated rings. The van der Waals surface area contributed by atoms with Crippen molar-refractivity contribution in [3.8, 4) is 0 Å². The Morgan fingerprint density at radius 2 is 2.00 bits per heavy atom. The second-order valence-electron chi connectivity index (χ2n) is 4.74. The van der Waals surface area contributed by atoms with Gasteiger partial charge in [0.25, 0.3) is 0 Å². The number of nitrogens with zero attached hydrogens (tertiary/aromatic N) is 1. The van der Waals surface area contributed by atoms with Crippen LogP contribution in [0.15, 0.2) is 59.6 Å². The van der Waals surface area contributed by atoms with E-state index in [1.165, 1.54) is 20.4 Å². The third-order valence-electron chi connectivity index (χ3n) is 3.29. The van der Waals surface area contributed by atoms with E-state index in [0.717, 1.165) is 10.3 Å². The number of rotatable bonds is 5. The maximum atomic E-state index is 12.1. The van der Waals surface area contributed by atoms with E-state index in [1.807, 2.05) is 36.3 Å². The Labute approximate surface area is 129 Å². The molecule has 0 aliphatic heterocycles. The molecule has 1 aliphatic rings. The van der Waals surface area contributed by atoms with Crippen LogP contribution in [0.1, 0.15) is 5.56 Å². The highest BCUT2D eigenvalue weighted by Gasteiger charge is 2.25. The van der Waals surface area contributed by atoms with Gasteiger partial charge in [-0.1, -0.05) is 30.3 Å². The van der Waals surface area contributed by atoms with Gasteiger partial charge < -0.3 is 14.7 Å². The third kappa shape index (κ3) is 3.65. The highest BCUT2D eigenvalue weighted by molar-refractivity contribution is 5.76. The first kappa shape index (κ1) is 15.6. The predicted molar refractivity (Wildman–Crippen MR) is 82.7 cm³/mol. The molecule has 0 radical (unpaired) electrons. The summed E-state index contributed by atoms with van der Waals surface area (Å²) in [6.45, 7) is 0.200. The first-order chi connectivity index (χ1) is 10.7. The summed E-state index contributed by atoms with van der Waals surface area (Å²) in [4.78, 5) is 11.2. The van der Waals surface area contributed by atoms with Gasteiger partial charge in [0.15, 0.2) is 12.8 Å². The number of methoxy groups -OCH3 is 2. The molecule has 0 N–H and O–H groups in total. The molecule has 5 heteroatoms. The predicted octanol–water partition coefficient (Wildman–Crippen LogP) is 2.22. The summed E-state index contributed by atoms with van der Waals surface area (Å²) in [6, 6.07) is 9.37. The summed E-state index contributed by atoms with van der Waals surface area (Å²) in [6.07, 6.45) is 4.69. The first-order valence-corrected chi connectivity index (χ1v) is 6.77. The van der Waals surface area contributed by atoms with Crippen molar-refractivity contribution in [3.05, 3.63) is 70.3 Å². The van der Waals surface area contributed by atoms with Crippen molar-refractivity contribution in [1.29, 1.82) is 0 Å². The maximum absolute atomic E-state index is 12.1. The molecule has 0 heterocycles. The topological polar surface area (TPSA) is 61.6 Å². The molecule has 0 saturated heterocycles. The van der Waals surface area contributed by atoms with Gasteiger partial charge in [-0.05, 0) is 6.08 Å². The van der Waals surface area contributed by atoms with Crippen molar-refractivity contribution >= 4 is 12.2 Å².